The van der Waals surface area contributed by atoms with Crippen LogP contribution in [0, 0.1) is 5.92 Å². The highest BCUT2D eigenvalue weighted by Crippen LogP contribution is 2.27. The van der Waals surface area contributed by atoms with E-state index in [9.17, 15) is 4.79 Å². The molecule has 1 aromatic carbocycles. The maximum Gasteiger partial charge on any atom is 0.224 e. The van der Waals surface area contributed by atoms with Crippen molar-refractivity contribution in [1.29, 1.82) is 0 Å². The van der Waals surface area contributed by atoms with E-state index in [0.717, 1.165) is 50.0 Å². The molecule has 2 aliphatic rings. The first kappa shape index (κ1) is 15.6. The predicted octanol–water partition coefficient (Wildman–Crippen LogP) is 2.01. The number of anilines is 1. The molecule has 0 saturated carbocycles. The number of nitrogens with one attached hydrogen (secondary N) is 1. The zero-order chi connectivity index (χ0) is 16.4. The molecule has 1 saturated heterocycles. The van der Waals surface area contributed by atoms with Gasteiger partial charge in [0, 0.05) is 24.4 Å². The molecule has 24 heavy (non-hydrogen) atoms. The number of morpholine rings is 1. The van der Waals surface area contributed by atoms with E-state index in [1.54, 1.807) is 11.3 Å². The second-order valence-corrected chi connectivity index (χ2v) is 7.15. The summed E-state index contributed by atoms with van der Waals surface area (Å²) in [5.74, 6) is 0.187. The van der Waals surface area contributed by atoms with E-state index in [2.05, 4.69) is 27.3 Å². The van der Waals surface area contributed by atoms with Crippen molar-refractivity contribution < 1.29 is 9.53 Å². The van der Waals surface area contributed by atoms with Crippen molar-refractivity contribution in [3.63, 3.8) is 0 Å². The van der Waals surface area contributed by atoms with Gasteiger partial charge in [0.2, 0.25) is 5.91 Å². The van der Waals surface area contributed by atoms with E-state index in [1.807, 2.05) is 17.5 Å². The standard InChI is InChI=1S/C18H21N3O2S/c22-17(15-9-13-3-1-2-4-14(13)10-15)19-11-16-12-24-18(20-16)21-5-7-23-8-6-21/h1-4,12,15H,5-11H2,(H,19,22). The number of fused-ring (bicyclic) bond motifs is 1. The van der Waals surface area contributed by atoms with Crippen LogP contribution in [0.3, 0.4) is 0 Å². The molecule has 6 heteroatoms. The Kier molecular flexibility index (Phi) is 4.49. The van der Waals surface area contributed by atoms with Gasteiger partial charge in [-0.15, -0.1) is 11.3 Å². The number of carbonyl (C=O) groups is 1. The molecule has 1 aliphatic heterocycles. The maximum absolute atomic E-state index is 12.4. The molecular weight excluding hydrogens is 322 g/mol. The SMILES string of the molecule is O=C(NCc1csc(N2CCOCC2)n1)C1Cc2ccccc2C1. The number of hydrogen-bond acceptors (Lipinski definition) is 5. The average Bonchev–Trinajstić information content (AvgIpc) is 3.27. The van der Waals surface area contributed by atoms with Crippen molar-refractivity contribution in [3.8, 4) is 0 Å². The summed E-state index contributed by atoms with van der Waals surface area (Å²) in [6, 6.07) is 8.33. The highest BCUT2D eigenvalue weighted by atomic mass is 32.1. The Labute approximate surface area is 145 Å². The molecule has 0 atom stereocenters. The second kappa shape index (κ2) is 6.91. The number of nitrogens with zero attached hydrogens (tertiary/aromatic N) is 2. The Balaban J connectivity index is 1.31. The third-order valence-corrected chi connectivity index (χ3v) is 5.64. The minimum atomic E-state index is 0.0553. The van der Waals surface area contributed by atoms with Gasteiger partial charge in [0.15, 0.2) is 5.13 Å². The number of hydrogen-bond donors (Lipinski definition) is 1. The summed E-state index contributed by atoms with van der Waals surface area (Å²) < 4.78 is 5.37. The van der Waals surface area contributed by atoms with Gasteiger partial charge in [-0.2, -0.15) is 0 Å². The Bertz CT molecular complexity index is 700. The number of benzene rings is 1. The lowest BCUT2D eigenvalue weighted by Crippen LogP contribution is -2.36. The van der Waals surface area contributed by atoms with Crippen LogP contribution in [0.25, 0.3) is 0 Å². The molecule has 4 rings (SSSR count). The van der Waals surface area contributed by atoms with Crippen molar-refractivity contribution in [3.05, 3.63) is 46.5 Å². The monoisotopic (exact) mass is 343 g/mol. The van der Waals surface area contributed by atoms with Crippen molar-refractivity contribution in [1.82, 2.24) is 10.3 Å². The number of ether oxygens (including phenoxy) is 1. The zero-order valence-corrected chi connectivity index (χ0v) is 14.3. The van der Waals surface area contributed by atoms with E-state index in [-0.39, 0.29) is 11.8 Å². The third kappa shape index (κ3) is 3.30. The molecule has 0 unspecified atom stereocenters. The number of aromatic nitrogens is 1. The van der Waals surface area contributed by atoms with E-state index in [4.69, 9.17) is 4.74 Å². The third-order valence-electron chi connectivity index (χ3n) is 4.69. The van der Waals surface area contributed by atoms with Crippen molar-refractivity contribution in [2.75, 3.05) is 31.2 Å². The topological polar surface area (TPSA) is 54.5 Å². The highest BCUT2D eigenvalue weighted by molar-refractivity contribution is 7.13. The molecular formula is C18H21N3O2S. The Morgan fingerprint density at radius 2 is 1.96 bits per heavy atom. The summed E-state index contributed by atoms with van der Waals surface area (Å²) in [4.78, 5) is 19.3. The first-order valence-corrected chi connectivity index (χ1v) is 9.29. The van der Waals surface area contributed by atoms with Crippen LogP contribution in [-0.2, 0) is 28.9 Å². The minimum Gasteiger partial charge on any atom is -0.378 e. The first-order chi connectivity index (χ1) is 11.8. The summed E-state index contributed by atoms with van der Waals surface area (Å²) in [5, 5.41) is 6.11. The van der Waals surface area contributed by atoms with Crippen LogP contribution in [-0.4, -0.2) is 37.2 Å². The van der Waals surface area contributed by atoms with E-state index >= 15 is 0 Å². The van der Waals surface area contributed by atoms with Gasteiger partial charge in [0.25, 0.3) is 0 Å². The average molecular weight is 343 g/mol. The lowest BCUT2D eigenvalue weighted by molar-refractivity contribution is -0.124. The van der Waals surface area contributed by atoms with Crippen molar-refractivity contribution >= 4 is 22.4 Å². The van der Waals surface area contributed by atoms with Crippen LogP contribution < -0.4 is 10.2 Å². The molecule has 126 valence electrons. The van der Waals surface area contributed by atoms with Crippen molar-refractivity contribution in [2.24, 2.45) is 5.92 Å². The van der Waals surface area contributed by atoms with Gasteiger partial charge in [-0.25, -0.2) is 4.98 Å². The Hall–Kier alpha value is -1.92. The molecule has 2 heterocycles. The zero-order valence-electron chi connectivity index (χ0n) is 13.5. The number of thiazole rings is 1. The van der Waals surface area contributed by atoms with Crippen LogP contribution in [0.5, 0.6) is 0 Å². The smallest absolute Gasteiger partial charge is 0.224 e. The molecule has 0 spiro atoms. The molecule has 0 radical (unpaired) electrons. The number of rotatable bonds is 4. The van der Waals surface area contributed by atoms with E-state index in [0.29, 0.717) is 6.54 Å². The fraction of sp³-hybridized carbons (Fsp3) is 0.444. The van der Waals surface area contributed by atoms with Gasteiger partial charge >= 0.3 is 0 Å². The molecule has 0 bridgehead atoms. The summed E-state index contributed by atoms with van der Waals surface area (Å²) in [6.45, 7) is 3.80. The summed E-state index contributed by atoms with van der Waals surface area (Å²) >= 11 is 1.64. The van der Waals surface area contributed by atoms with E-state index in [1.165, 1.54) is 11.1 Å². The van der Waals surface area contributed by atoms with Gasteiger partial charge in [0.1, 0.15) is 0 Å². The molecule has 1 fully saturated rings. The Morgan fingerprint density at radius 1 is 1.25 bits per heavy atom. The molecule has 1 amide bonds. The maximum atomic E-state index is 12.4. The van der Waals surface area contributed by atoms with Gasteiger partial charge in [-0.05, 0) is 24.0 Å². The predicted molar refractivity (Wildman–Crippen MR) is 94.3 cm³/mol. The minimum absolute atomic E-state index is 0.0553. The highest BCUT2D eigenvalue weighted by Gasteiger charge is 2.26. The van der Waals surface area contributed by atoms with Gasteiger partial charge in [-0.1, -0.05) is 24.3 Å². The lowest BCUT2D eigenvalue weighted by Gasteiger charge is -2.26. The van der Waals surface area contributed by atoms with Crippen LogP contribution in [0.2, 0.25) is 0 Å². The van der Waals surface area contributed by atoms with Crippen molar-refractivity contribution in [2.45, 2.75) is 19.4 Å². The molecule has 2 aromatic rings. The summed E-state index contributed by atoms with van der Waals surface area (Å²) in [6.07, 6.45) is 1.69. The molecule has 1 aromatic heterocycles. The van der Waals surface area contributed by atoms with Crippen LogP contribution >= 0.6 is 11.3 Å². The molecule has 1 aliphatic carbocycles. The van der Waals surface area contributed by atoms with Crippen LogP contribution in [0.15, 0.2) is 29.6 Å². The van der Waals surface area contributed by atoms with Crippen LogP contribution in [0.4, 0.5) is 5.13 Å². The Morgan fingerprint density at radius 3 is 2.67 bits per heavy atom. The largest absolute Gasteiger partial charge is 0.378 e. The number of amides is 1. The second-order valence-electron chi connectivity index (χ2n) is 6.31. The first-order valence-electron chi connectivity index (χ1n) is 8.41. The van der Waals surface area contributed by atoms with Gasteiger partial charge in [-0.3, -0.25) is 4.79 Å². The lowest BCUT2D eigenvalue weighted by atomic mass is 10.1. The van der Waals surface area contributed by atoms with Gasteiger partial charge in [0.05, 0.1) is 25.5 Å². The number of carbonyl (C=O) groups excluding carboxylic acids is 1. The molecule has 5 nitrogen and oxygen atoms in total. The van der Waals surface area contributed by atoms with E-state index < -0.39 is 0 Å². The van der Waals surface area contributed by atoms with Gasteiger partial charge < -0.3 is 15.0 Å². The molecule has 1 N–H and O–H groups in total. The summed E-state index contributed by atoms with van der Waals surface area (Å²) in [5.41, 5.74) is 3.55. The normalized spacial score (nSPS) is 17.8. The summed E-state index contributed by atoms with van der Waals surface area (Å²) in [7, 11) is 0. The van der Waals surface area contributed by atoms with Crippen LogP contribution in [0.1, 0.15) is 16.8 Å². The fourth-order valence-corrected chi connectivity index (χ4v) is 4.22. The quantitative estimate of drug-likeness (QED) is 0.923. The fourth-order valence-electron chi connectivity index (χ4n) is 3.34.